The van der Waals surface area contributed by atoms with E-state index in [-0.39, 0.29) is 0 Å². The number of methoxy groups -OCH3 is 1. The number of hydrogen-bond acceptors (Lipinski definition) is 4. The maximum atomic E-state index is 5.74. The van der Waals surface area contributed by atoms with Gasteiger partial charge in [0.15, 0.2) is 0 Å². The van der Waals surface area contributed by atoms with Crippen molar-refractivity contribution < 1.29 is 9.47 Å². The molecule has 1 aromatic heterocycles. The lowest BCUT2D eigenvalue weighted by Gasteiger charge is -2.32. The lowest BCUT2D eigenvalue weighted by atomic mass is 10.2. The summed E-state index contributed by atoms with van der Waals surface area (Å²) in [5, 5.41) is 4.31. The Balaban J connectivity index is 1.65. The summed E-state index contributed by atoms with van der Waals surface area (Å²) in [7, 11) is 1.74. The van der Waals surface area contributed by atoms with Crippen LogP contribution in [-0.4, -0.2) is 60.7 Å². The Morgan fingerprint density at radius 2 is 2.37 bits per heavy atom. The topological polar surface area (TPSA) is 39.5 Å². The average molecular weight is 267 g/mol. The summed E-state index contributed by atoms with van der Waals surface area (Å²) in [6.07, 6.45) is 6.47. The number of aromatic nitrogens is 2. The summed E-state index contributed by atoms with van der Waals surface area (Å²) in [6.45, 7) is 7.88. The Bertz CT molecular complexity index is 367. The van der Waals surface area contributed by atoms with Crippen LogP contribution in [0.2, 0.25) is 0 Å². The molecule has 0 aliphatic carbocycles. The molecule has 1 unspecified atom stereocenters. The number of hydrogen-bond donors (Lipinski definition) is 0. The van der Waals surface area contributed by atoms with Crippen LogP contribution in [-0.2, 0) is 16.0 Å². The van der Waals surface area contributed by atoms with Crippen LogP contribution in [0.1, 0.15) is 18.4 Å². The Labute approximate surface area is 115 Å². The largest absolute Gasteiger partial charge is 0.385 e. The summed E-state index contributed by atoms with van der Waals surface area (Å²) in [6, 6.07) is 0. The second-order valence-corrected chi connectivity index (χ2v) is 5.21. The second-order valence-electron chi connectivity index (χ2n) is 5.21. The first-order valence-corrected chi connectivity index (χ1v) is 7.10. The number of rotatable bonds is 7. The van der Waals surface area contributed by atoms with Gasteiger partial charge in [0.25, 0.3) is 0 Å². The molecular weight excluding hydrogens is 242 g/mol. The molecule has 5 nitrogen and oxygen atoms in total. The van der Waals surface area contributed by atoms with Gasteiger partial charge >= 0.3 is 0 Å². The average Bonchev–Trinajstić information content (AvgIpc) is 2.83. The molecule has 108 valence electrons. The van der Waals surface area contributed by atoms with Crippen LogP contribution in [0.3, 0.4) is 0 Å². The third-order valence-electron chi connectivity index (χ3n) is 3.49. The van der Waals surface area contributed by atoms with Gasteiger partial charge in [0.05, 0.1) is 18.9 Å². The molecule has 1 aliphatic rings. The van der Waals surface area contributed by atoms with Crippen LogP contribution in [0, 0.1) is 6.92 Å². The number of morpholine rings is 1. The highest BCUT2D eigenvalue weighted by atomic mass is 16.5. The molecule has 2 rings (SSSR count). The van der Waals surface area contributed by atoms with E-state index in [9.17, 15) is 0 Å². The molecule has 0 amide bonds. The zero-order chi connectivity index (χ0) is 13.5. The van der Waals surface area contributed by atoms with E-state index >= 15 is 0 Å². The van der Waals surface area contributed by atoms with Gasteiger partial charge in [-0.1, -0.05) is 0 Å². The van der Waals surface area contributed by atoms with Crippen molar-refractivity contribution in [2.24, 2.45) is 0 Å². The summed E-state index contributed by atoms with van der Waals surface area (Å²) in [5.41, 5.74) is 1.23. The Hall–Kier alpha value is -0.910. The fourth-order valence-electron chi connectivity index (χ4n) is 2.45. The van der Waals surface area contributed by atoms with E-state index in [2.05, 4.69) is 23.1 Å². The van der Waals surface area contributed by atoms with E-state index in [4.69, 9.17) is 9.47 Å². The van der Waals surface area contributed by atoms with Gasteiger partial charge in [0.2, 0.25) is 0 Å². The van der Waals surface area contributed by atoms with E-state index < -0.39 is 0 Å². The van der Waals surface area contributed by atoms with Gasteiger partial charge in [-0.2, -0.15) is 5.10 Å². The molecule has 0 N–H and O–H groups in total. The molecule has 1 aliphatic heterocycles. The quantitative estimate of drug-likeness (QED) is 0.747. The zero-order valence-electron chi connectivity index (χ0n) is 12.0. The van der Waals surface area contributed by atoms with Crippen molar-refractivity contribution in [2.45, 2.75) is 32.4 Å². The van der Waals surface area contributed by atoms with E-state index in [1.54, 1.807) is 7.11 Å². The molecule has 1 fully saturated rings. The first-order valence-electron chi connectivity index (χ1n) is 7.10. The number of aryl methyl sites for hydroxylation is 2. The van der Waals surface area contributed by atoms with Crippen LogP contribution in [0.4, 0.5) is 0 Å². The van der Waals surface area contributed by atoms with E-state index in [1.807, 2.05) is 10.9 Å². The summed E-state index contributed by atoms with van der Waals surface area (Å²) in [4.78, 5) is 2.49. The molecular formula is C14H25N3O2. The fourth-order valence-corrected chi connectivity index (χ4v) is 2.45. The van der Waals surface area contributed by atoms with Crippen molar-refractivity contribution in [2.75, 3.05) is 40.0 Å². The van der Waals surface area contributed by atoms with Gasteiger partial charge in [-0.15, -0.1) is 0 Å². The van der Waals surface area contributed by atoms with Gasteiger partial charge in [-0.3, -0.25) is 9.58 Å². The van der Waals surface area contributed by atoms with Gasteiger partial charge in [0, 0.05) is 46.1 Å². The van der Waals surface area contributed by atoms with Gasteiger partial charge < -0.3 is 9.47 Å². The van der Waals surface area contributed by atoms with Crippen LogP contribution < -0.4 is 0 Å². The standard InChI is InChI=1S/C14H25N3O2/c1-13-10-15-17(11-13)6-3-5-16-7-9-19-14(12-16)4-8-18-2/h10-11,14H,3-9,12H2,1-2H3. The lowest BCUT2D eigenvalue weighted by Crippen LogP contribution is -2.43. The van der Waals surface area contributed by atoms with E-state index in [0.29, 0.717) is 6.10 Å². The van der Waals surface area contributed by atoms with Crippen molar-refractivity contribution in [1.29, 1.82) is 0 Å². The normalized spacial score (nSPS) is 20.8. The SMILES string of the molecule is COCCC1CN(CCCn2cc(C)cn2)CCO1. The Morgan fingerprint density at radius 1 is 1.47 bits per heavy atom. The van der Waals surface area contributed by atoms with E-state index in [0.717, 1.165) is 52.2 Å². The molecule has 0 radical (unpaired) electrons. The maximum Gasteiger partial charge on any atom is 0.0724 e. The van der Waals surface area contributed by atoms with Gasteiger partial charge in [-0.25, -0.2) is 0 Å². The van der Waals surface area contributed by atoms with Crippen molar-refractivity contribution in [1.82, 2.24) is 14.7 Å². The minimum absolute atomic E-state index is 0.334. The monoisotopic (exact) mass is 267 g/mol. The molecule has 2 heterocycles. The van der Waals surface area contributed by atoms with Crippen LogP contribution >= 0.6 is 0 Å². The highest BCUT2D eigenvalue weighted by Crippen LogP contribution is 2.09. The highest BCUT2D eigenvalue weighted by Gasteiger charge is 2.19. The van der Waals surface area contributed by atoms with Crippen LogP contribution in [0.25, 0.3) is 0 Å². The maximum absolute atomic E-state index is 5.74. The third kappa shape index (κ3) is 4.93. The summed E-state index contributed by atoms with van der Waals surface area (Å²) >= 11 is 0. The smallest absolute Gasteiger partial charge is 0.0724 e. The molecule has 0 aromatic carbocycles. The Morgan fingerprint density at radius 3 is 3.11 bits per heavy atom. The zero-order valence-corrected chi connectivity index (χ0v) is 12.0. The van der Waals surface area contributed by atoms with Crippen molar-refractivity contribution in [3.63, 3.8) is 0 Å². The lowest BCUT2D eigenvalue weighted by molar-refractivity contribution is -0.0411. The highest BCUT2D eigenvalue weighted by molar-refractivity contribution is 4.99. The predicted octanol–water partition coefficient (Wildman–Crippen LogP) is 1.32. The number of nitrogens with zero attached hydrogens (tertiary/aromatic N) is 3. The molecule has 0 spiro atoms. The number of ether oxygens (including phenoxy) is 2. The molecule has 19 heavy (non-hydrogen) atoms. The first kappa shape index (κ1) is 14.5. The van der Waals surface area contributed by atoms with Gasteiger partial charge in [-0.05, 0) is 25.3 Å². The van der Waals surface area contributed by atoms with Crippen molar-refractivity contribution >= 4 is 0 Å². The molecule has 0 saturated carbocycles. The Kier molecular flexibility index (Phi) is 5.82. The first-order chi connectivity index (χ1) is 9.28. The molecule has 1 saturated heterocycles. The molecule has 1 atom stereocenters. The molecule has 5 heteroatoms. The van der Waals surface area contributed by atoms with Crippen LogP contribution in [0.5, 0.6) is 0 Å². The summed E-state index contributed by atoms with van der Waals surface area (Å²) in [5.74, 6) is 0. The van der Waals surface area contributed by atoms with Gasteiger partial charge in [0.1, 0.15) is 0 Å². The fraction of sp³-hybridized carbons (Fsp3) is 0.786. The van der Waals surface area contributed by atoms with Crippen LogP contribution in [0.15, 0.2) is 12.4 Å². The molecule has 1 aromatic rings. The van der Waals surface area contributed by atoms with Crippen molar-refractivity contribution in [3.8, 4) is 0 Å². The minimum Gasteiger partial charge on any atom is -0.385 e. The molecule has 0 bridgehead atoms. The second kappa shape index (κ2) is 7.62. The predicted molar refractivity (Wildman–Crippen MR) is 74.3 cm³/mol. The van der Waals surface area contributed by atoms with Crippen molar-refractivity contribution in [3.05, 3.63) is 18.0 Å². The van der Waals surface area contributed by atoms with E-state index in [1.165, 1.54) is 5.56 Å². The summed E-state index contributed by atoms with van der Waals surface area (Å²) < 4.78 is 12.9. The minimum atomic E-state index is 0.334. The third-order valence-corrected chi connectivity index (χ3v) is 3.49.